The Labute approximate surface area is 175 Å². The van der Waals surface area contributed by atoms with E-state index in [1.54, 1.807) is 0 Å². The molecule has 0 saturated heterocycles. The molecule has 0 aliphatic rings. The van der Waals surface area contributed by atoms with Crippen LogP contribution in [-0.2, 0) is 9.09 Å². The Morgan fingerprint density at radius 2 is 1.25 bits per heavy atom. The fourth-order valence-corrected chi connectivity index (χ4v) is 5.27. The molecule has 2 atom stereocenters. The van der Waals surface area contributed by atoms with Crippen molar-refractivity contribution in [1.82, 2.24) is 0 Å². The van der Waals surface area contributed by atoms with Gasteiger partial charge in [-0.2, -0.15) is 0 Å². The Balaban J connectivity index is 3.67. The van der Waals surface area contributed by atoms with Gasteiger partial charge in [0.05, 0.1) is 27.7 Å². The van der Waals surface area contributed by atoms with Crippen LogP contribution in [0.25, 0.3) is 0 Å². The van der Waals surface area contributed by atoms with E-state index in [9.17, 15) is 9.46 Å². The average molecular weight is 417 g/mol. The van der Waals surface area contributed by atoms with Crippen LogP contribution in [0.15, 0.2) is 24.3 Å². The number of unbranched alkanes of at least 4 members (excludes halogenated alkanes) is 8. The Kier molecular flexibility index (Phi) is 16.2. The highest BCUT2D eigenvalue weighted by molar-refractivity contribution is 7.53. The molecule has 0 aliphatic heterocycles. The highest BCUT2D eigenvalue weighted by Gasteiger charge is 2.41. The summed E-state index contributed by atoms with van der Waals surface area (Å²) in [6, 6.07) is 0. The summed E-state index contributed by atoms with van der Waals surface area (Å²) in [5, 5.41) is 0. The van der Waals surface area contributed by atoms with Crippen molar-refractivity contribution in [3.8, 4) is 0 Å². The molecular formula is C23H47NO3P+. The molecule has 0 aromatic carbocycles. The van der Waals surface area contributed by atoms with Crippen LogP contribution in [0.1, 0.15) is 90.9 Å². The first-order chi connectivity index (χ1) is 13.3. The van der Waals surface area contributed by atoms with Crippen LogP contribution in [0.3, 0.4) is 0 Å². The van der Waals surface area contributed by atoms with Crippen molar-refractivity contribution >= 4 is 7.60 Å². The lowest BCUT2D eigenvalue weighted by atomic mass is 10.1. The van der Waals surface area contributed by atoms with Crippen LogP contribution < -0.4 is 0 Å². The maximum absolute atomic E-state index is 12.4. The van der Waals surface area contributed by atoms with E-state index in [2.05, 4.69) is 31.2 Å². The molecule has 0 fully saturated rings. The van der Waals surface area contributed by atoms with Crippen LogP contribution in [0.2, 0.25) is 0 Å². The molecule has 5 heteroatoms. The largest absolute Gasteiger partial charge is 0.385 e. The Bertz CT molecular complexity index is 469. The van der Waals surface area contributed by atoms with E-state index in [0.29, 0.717) is 17.5 Å². The van der Waals surface area contributed by atoms with Gasteiger partial charge in [0.15, 0.2) is 5.78 Å². The number of allylic oxidation sites excluding steroid dienone is 4. The molecule has 166 valence electrons. The number of nitrogens with zero attached hydrogens (tertiary/aromatic N) is 1. The van der Waals surface area contributed by atoms with Crippen molar-refractivity contribution in [2.45, 2.75) is 96.7 Å². The quantitative estimate of drug-likeness (QED) is 0.113. The van der Waals surface area contributed by atoms with Crippen molar-refractivity contribution in [2.24, 2.45) is 0 Å². The molecule has 28 heavy (non-hydrogen) atoms. The van der Waals surface area contributed by atoms with Crippen molar-refractivity contribution in [1.29, 1.82) is 0 Å². The normalized spacial score (nSPS) is 16.1. The van der Waals surface area contributed by atoms with Crippen LogP contribution in [-0.4, -0.2) is 42.9 Å². The Hall–Kier alpha value is -0.410. The molecule has 0 rings (SSSR count). The van der Waals surface area contributed by atoms with Crippen LogP contribution in [0, 0.1) is 0 Å². The van der Waals surface area contributed by atoms with Gasteiger partial charge < -0.3 is 13.9 Å². The third-order valence-electron chi connectivity index (χ3n) is 4.98. The molecule has 0 spiro atoms. The first-order valence-electron chi connectivity index (χ1n) is 11.3. The van der Waals surface area contributed by atoms with Gasteiger partial charge in [-0.05, 0) is 57.8 Å². The molecule has 0 aromatic heterocycles. The van der Waals surface area contributed by atoms with Gasteiger partial charge in [-0.25, -0.2) is 0 Å². The number of quaternary nitrogens is 1. The second-order valence-corrected chi connectivity index (χ2v) is 10.6. The summed E-state index contributed by atoms with van der Waals surface area (Å²) in [7, 11) is 2.25. The SMILES string of the molecule is CCCCC/C=C\CCCC/C=C\CCCCOP(=O)(O)C(CC)[N+](C)(C)C. The smallest absolute Gasteiger partial charge is 0.320 e. The molecule has 0 aliphatic carbocycles. The lowest BCUT2D eigenvalue weighted by molar-refractivity contribution is -0.883. The lowest BCUT2D eigenvalue weighted by Crippen LogP contribution is -2.44. The maximum atomic E-state index is 12.4. The third-order valence-corrected chi connectivity index (χ3v) is 7.34. The molecule has 4 nitrogen and oxygen atoms in total. The van der Waals surface area contributed by atoms with Gasteiger partial charge in [0.1, 0.15) is 0 Å². The van der Waals surface area contributed by atoms with E-state index >= 15 is 0 Å². The molecule has 0 saturated carbocycles. The topological polar surface area (TPSA) is 46.5 Å². The van der Waals surface area contributed by atoms with Crippen LogP contribution in [0.4, 0.5) is 0 Å². The van der Waals surface area contributed by atoms with Crippen LogP contribution >= 0.6 is 7.60 Å². The standard InChI is InChI=1S/C23H46NO3P/c1-6-8-9-10-11-12-13-14-15-16-17-18-19-20-21-22-27-28(25,26)23(7-2)24(3,4)5/h11-12,17-18,23H,6-10,13-16,19-22H2,1-5H3/p+1/b12-11-,18-17-. The number of rotatable bonds is 18. The summed E-state index contributed by atoms with van der Waals surface area (Å²) in [5.74, 6) is -0.362. The summed E-state index contributed by atoms with van der Waals surface area (Å²) < 4.78 is 18.3. The lowest BCUT2D eigenvalue weighted by Gasteiger charge is -2.35. The first kappa shape index (κ1) is 27.6. The maximum Gasteiger partial charge on any atom is 0.385 e. The predicted octanol–water partition coefficient (Wildman–Crippen LogP) is 7.05. The van der Waals surface area contributed by atoms with Gasteiger partial charge in [-0.15, -0.1) is 0 Å². The molecule has 2 unspecified atom stereocenters. The van der Waals surface area contributed by atoms with Gasteiger partial charge in [-0.3, -0.25) is 4.57 Å². The molecule has 0 amide bonds. The highest BCUT2D eigenvalue weighted by atomic mass is 31.2. The fourth-order valence-electron chi connectivity index (χ4n) is 3.37. The fraction of sp³-hybridized carbons (Fsp3) is 0.826. The molecular weight excluding hydrogens is 369 g/mol. The van der Waals surface area contributed by atoms with Gasteiger partial charge in [0.25, 0.3) is 0 Å². The summed E-state index contributed by atoms with van der Waals surface area (Å²) in [6.07, 6.45) is 22.7. The molecule has 1 N–H and O–H groups in total. The third kappa shape index (κ3) is 14.6. The summed E-state index contributed by atoms with van der Waals surface area (Å²) in [5.41, 5.74) is 0. The number of hydrogen-bond acceptors (Lipinski definition) is 2. The molecule has 0 aromatic rings. The summed E-state index contributed by atoms with van der Waals surface area (Å²) in [4.78, 5) is 10.2. The van der Waals surface area contributed by atoms with Crippen molar-refractivity contribution in [3.63, 3.8) is 0 Å². The van der Waals surface area contributed by atoms with Gasteiger partial charge in [-0.1, -0.05) is 51.0 Å². The minimum Gasteiger partial charge on any atom is -0.320 e. The second-order valence-electron chi connectivity index (χ2n) is 8.62. The Morgan fingerprint density at radius 1 is 0.821 bits per heavy atom. The van der Waals surface area contributed by atoms with Crippen molar-refractivity contribution in [2.75, 3.05) is 27.7 Å². The van der Waals surface area contributed by atoms with E-state index in [1.807, 2.05) is 28.1 Å². The summed E-state index contributed by atoms with van der Waals surface area (Å²) in [6.45, 7) is 4.55. The minimum atomic E-state index is -3.56. The zero-order valence-corrected chi connectivity index (χ0v) is 20.1. The average Bonchev–Trinajstić information content (AvgIpc) is 2.60. The predicted molar refractivity (Wildman–Crippen MR) is 123 cm³/mol. The van der Waals surface area contributed by atoms with Gasteiger partial charge in [0.2, 0.25) is 0 Å². The molecule has 0 radical (unpaired) electrons. The summed E-state index contributed by atoms with van der Waals surface area (Å²) >= 11 is 0. The van der Waals surface area contributed by atoms with E-state index in [4.69, 9.17) is 4.52 Å². The van der Waals surface area contributed by atoms with Crippen LogP contribution in [0.5, 0.6) is 0 Å². The van der Waals surface area contributed by atoms with Crippen molar-refractivity contribution < 1.29 is 18.5 Å². The first-order valence-corrected chi connectivity index (χ1v) is 13.0. The van der Waals surface area contributed by atoms with Crippen molar-refractivity contribution in [3.05, 3.63) is 24.3 Å². The van der Waals surface area contributed by atoms with E-state index in [0.717, 1.165) is 25.7 Å². The van der Waals surface area contributed by atoms with Gasteiger partial charge >= 0.3 is 7.60 Å². The minimum absolute atomic E-state index is 0.362. The van der Waals surface area contributed by atoms with E-state index in [1.165, 1.54) is 44.9 Å². The number of hydrogen-bond donors (Lipinski definition) is 1. The van der Waals surface area contributed by atoms with E-state index < -0.39 is 7.60 Å². The molecule has 0 bridgehead atoms. The van der Waals surface area contributed by atoms with E-state index in [-0.39, 0.29) is 5.78 Å². The highest BCUT2D eigenvalue weighted by Crippen LogP contribution is 2.51. The Morgan fingerprint density at radius 3 is 1.64 bits per heavy atom. The monoisotopic (exact) mass is 416 g/mol. The zero-order chi connectivity index (χ0) is 21.3. The zero-order valence-electron chi connectivity index (χ0n) is 19.2. The second kappa shape index (κ2) is 16.4. The van der Waals surface area contributed by atoms with Gasteiger partial charge in [0, 0.05) is 6.42 Å². The molecule has 0 heterocycles.